The third kappa shape index (κ3) is 7.71. The van der Waals surface area contributed by atoms with Crippen molar-refractivity contribution in [3.8, 4) is 17.2 Å². The van der Waals surface area contributed by atoms with Gasteiger partial charge in [0.1, 0.15) is 29.2 Å². The third-order valence-corrected chi connectivity index (χ3v) is 5.13. The van der Waals surface area contributed by atoms with Crippen molar-refractivity contribution in [2.75, 3.05) is 26.1 Å². The molecular formula is C27H30N2O7. The van der Waals surface area contributed by atoms with Crippen molar-refractivity contribution in [3.63, 3.8) is 0 Å². The smallest absolute Gasteiger partial charge is 0.337 e. The molecular weight excluding hydrogens is 464 g/mol. The Hall–Kier alpha value is -4.11. The normalized spacial score (nSPS) is 12.3. The predicted molar refractivity (Wildman–Crippen MR) is 134 cm³/mol. The Bertz CT molecular complexity index is 1180. The number of carbonyl (C=O) groups is 2. The SMILES string of the molecule is COC[C@H](C)Oc1cc(O[C@@H](C)Cc2cccc(OC)c2)cc(C(=O)Nc2ccc(C(=O)O)cn2)c1. The lowest BCUT2D eigenvalue weighted by Gasteiger charge is -2.19. The first kappa shape index (κ1) is 26.5. The van der Waals surface area contributed by atoms with Crippen LogP contribution in [0.2, 0.25) is 0 Å². The maximum atomic E-state index is 13.0. The molecule has 0 radical (unpaired) electrons. The van der Waals surface area contributed by atoms with Crippen LogP contribution in [0, 0.1) is 0 Å². The van der Waals surface area contributed by atoms with Crippen LogP contribution in [-0.2, 0) is 11.2 Å². The number of rotatable bonds is 12. The highest BCUT2D eigenvalue weighted by atomic mass is 16.5. The second kappa shape index (κ2) is 12.6. The minimum Gasteiger partial charge on any atom is -0.497 e. The van der Waals surface area contributed by atoms with Gasteiger partial charge in [0.15, 0.2) is 0 Å². The molecule has 9 heteroatoms. The Kier molecular flexibility index (Phi) is 9.24. The van der Waals surface area contributed by atoms with E-state index in [2.05, 4.69) is 10.3 Å². The van der Waals surface area contributed by atoms with Gasteiger partial charge in [-0.2, -0.15) is 0 Å². The van der Waals surface area contributed by atoms with Crippen LogP contribution in [0.5, 0.6) is 17.2 Å². The first-order valence-corrected chi connectivity index (χ1v) is 11.4. The summed E-state index contributed by atoms with van der Waals surface area (Å²) in [7, 11) is 3.21. The van der Waals surface area contributed by atoms with E-state index in [1.165, 1.54) is 18.3 Å². The van der Waals surface area contributed by atoms with E-state index in [0.717, 1.165) is 11.3 Å². The first-order valence-electron chi connectivity index (χ1n) is 11.4. The van der Waals surface area contributed by atoms with Gasteiger partial charge in [0, 0.05) is 31.4 Å². The summed E-state index contributed by atoms with van der Waals surface area (Å²) in [6.45, 7) is 4.17. The Morgan fingerprint density at radius 2 is 1.64 bits per heavy atom. The van der Waals surface area contributed by atoms with E-state index >= 15 is 0 Å². The Morgan fingerprint density at radius 3 is 2.25 bits per heavy atom. The van der Waals surface area contributed by atoms with Gasteiger partial charge in [-0.15, -0.1) is 0 Å². The maximum absolute atomic E-state index is 13.0. The maximum Gasteiger partial charge on any atom is 0.337 e. The first-order chi connectivity index (χ1) is 17.3. The molecule has 0 unspecified atom stereocenters. The molecule has 0 fully saturated rings. The molecule has 0 aliphatic carbocycles. The molecule has 2 N–H and O–H groups in total. The number of aromatic carboxylic acids is 1. The van der Waals surface area contributed by atoms with Gasteiger partial charge in [-0.25, -0.2) is 9.78 Å². The van der Waals surface area contributed by atoms with Gasteiger partial charge in [-0.05, 0) is 55.8 Å². The summed E-state index contributed by atoms with van der Waals surface area (Å²) in [5, 5.41) is 11.7. The Labute approximate surface area is 210 Å². The number of ether oxygens (including phenoxy) is 4. The summed E-state index contributed by atoms with van der Waals surface area (Å²) in [6.07, 6.45) is 1.35. The van der Waals surface area contributed by atoms with E-state index in [0.29, 0.717) is 30.1 Å². The average Bonchev–Trinajstić information content (AvgIpc) is 2.84. The van der Waals surface area contributed by atoms with Crippen LogP contribution in [0.4, 0.5) is 5.82 Å². The quantitative estimate of drug-likeness (QED) is 0.379. The van der Waals surface area contributed by atoms with E-state index in [4.69, 9.17) is 24.1 Å². The monoisotopic (exact) mass is 494 g/mol. The van der Waals surface area contributed by atoms with Gasteiger partial charge in [0.2, 0.25) is 0 Å². The van der Waals surface area contributed by atoms with Crippen LogP contribution in [-0.4, -0.2) is 55.0 Å². The minimum absolute atomic E-state index is 0.0243. The summed E-state index contributed by atoms with van der Waals surface area (Å²) in [5.74, 6) is 0.363. The summed E-state index contributed by atoms with van der Waals surface area (Å²) < 4.78 is 22.5. The van der Waals surface area contributed by atoms with Crippen LogP contribution < -0.4 is 19.5 Å². The van der Waals surface area contributed by atoms with Gasteiger partial charge in [-0.3, -0.25) is 4.79 Å². The van der Waals surface area contributed by atoms with E-state index in [1.807, 2.05) is 38.1 Å². The summed E-state index contributed by atoms with van der Waals surface area (Å²) in [4.78, 5) is 28.0. The molecule has 0 saturated heterocycles. The Morgan fingerprint density at radius 1 is 0.917 bits per heavy atom. The molecule has 1 aromatic heterocycles. The highest BCUT2D eigenvalue weighted by Crippen LogP contribution is 2.26. The van der Waals surface area contributed by atoms with Gasteiger partial charge >= 0.3 is 5.97 Å². The van der Waals surface area contributed by atoms with Crippen molar-refractivity contribution in [2.24, 2.45) is 0 Å². The number of nitrogens with one attached hydrogen (secondary N) is 1. The van der Waals surface area contributed by atoms with Crippen LogP contribution >= 0.6 is 0 Å². The number of hydrogen-bond acceptors (Lipinski definition) is 7. The molecule has 0 bridgehead atoms. The second-order valence-corrected chi connectivity index (χ2v) is 8.25. The van der Waals surface area contributed by atoms with Crippen molar-refractivity contribution in [1.29, 1.82) is 0 Å². The number of carbonyl (C=O) groups excluding carboxylic acids is 1. The highest BCUT2D eigenvalue weighted by molar-refractivity contribution is 6.04. The summed E-state index contributed by atoms with van der Waals surface area (Å²) in [5.41, 5.74) is 1.37. The number of methoxy groups -OCH3 is 2. The molecule has 3 aromatic rings. The molecule has 3 rings (SSSR count). The predicted octanol–water partition coefficient (Wildman–Crippen LogP) is 4.46. The lowest BCUT2D eigenvalue weighted by molar-refractivity contribution is 0.0696. The molecule has 0 aliphatic heterocycles. The van der Waals surface area contributed by atoms with Crippen molar-refractivity contribution >= 4 is 17.7 Å². The van der Waals surface area contributed by atoms with E-state index in [9.17, 15) is 9.59 Å². The zero-order valence-corrected chi connectivity index (χ0v) is 20.7. The molecule has 0 saturated carbocycles. The zero-order valence-electron chi connectivity index (χ0n) is 20.7. The van der Waals surface area contributed by atoms with Gasteiger partial charge in [0.25, 0.3) is 5.91 Å². The zero-order chi connectivity index (χ0) is 26.1. The number of benzene rings is 2. The fourth-order valence-electron chi connectivity index (χ4n) is 3.53. The number of nitrogens with zero attached hydrogens (tertiary/aromatic N) is 1. The lowest BCUT2D eigenvalue weighted by atomic mass is 10.1. The molecule has 9 nitrogen and oxygen atoms in total. The van der Waals surface area contributed by atoms with Gasteiger partial charge < -0.3 is 29.4 Å². The molecule has 0 spiro atoms. The van der Waals surface area contributed by atoms with Crippen LogP contribution in [0.25, 0.3) is 0 Å². The number of carboxylic acid groups (broad SMARTS) is 1. The van der Waals surface area contributed by atoms with Gasteiger partial charge in [-0.1, -0.05) is 12.1 Å². The molecule has 190 valence electrons. The molecule has 2 atom stereocenters. The standard InChI is InChI=1S/C27H30N2O7/c1-17(10-19-6-5-7-22(11-19)34-4)35-23-12-21(13-24(14-23)36-18(2)16-33-3)26(30)29-25-9-8-20(15-28-25)27(31)32/h5-9,11-15,17-18H,10,16H2,1-4H3,(H,31,32)(H,28,29,30)/t17-,18-/m0/s1. The molecule has 1 amide bonds. The minimum atomic E-state index is -1.10. The van der Waals surface area contributed by atoms with Crippen molar-refractivity contribution in [2.45, 2.75) is 32.5 Å². The topological polar surface area (TPSA) is 116 Å². The Balaban J connectivity index is 1.80. The summed E-state index contributed by atoms with van der Waals surface area (Å²) in [6, 6.07) is 15.5. The number of anilines is 1. The molecule has 2 aromatic carbocycles. The molecule has 36 heavy (non-hydrogen) atoms. The van der Waals surface area contributed by atoms with Crippen molar-refractivity contribution in [1.82, 2.24) is 4.98 Å². The lowest BCUT2D eigenvalue weighted by Crippen LogP contribution is -2.20. The van der Waals surface area contributed by atoms with Gasteiger partial charge in [0.05, 0.1) is 25.4 Å². The number of carboxylic acids is 1. The largest absolute Gasteiger partial charge is 0.497 e. The van der Waals surface area contributed by atoms with Crippen molar-refractivity contribution in [3.05, 3.63) is 77.5 Å². The van der Waals surface area contributed by atoms with Crippen LogP contribution in [0.1, 0.15) is 40.1 Å². The molecule has 1 heterocycles. The summed E-state index contributed by atoms with van der Waals surface area (Å²) >= 11 is 0. The number of hydrogen-bond donors (Lipinski definition) is 2. The van der Waals surface area contributed by atoms with Crippen LogP contribution in [0.15, 0.2) is 60.8 Å². The van der Waals surface area contributed by atoms with E-state index in [-0.39, 0.29) is 23.6 Å². The average molecular weight is 495 g/mol. The fourth-order valence-corrected chi connectivity index (χ4v) is 3.53. The van der Waals surface area contributed by atoms with E-state index in [1.54, 1.807) is 32.4 Å². The van der Waals surface area contributed by atoms with Crippen molar-refractivity contribution < 1.29 is 33.6 Å². The molecule has 0 aliphatic rings. The number of amides is 1. The highest BCUT2D eigenvalue weighted by Gasteiger charge is 2.15. The third-order valence-electron chi connectivity index (χ3n) is 5.13. The van der Waals surface area contributed by atoms with Crippen LogP contribution in [0.3, 0.4) is 0 Å². The number of aromatic nitrogens is 1. The number of pyridine rings is 1. The second-order valence-electron chi connectivity index (χ2n) is 8.25. The van der Waals surface area contributed by atoms with E-state index < -0.39 is 11.9 Å². The fraction of sp³-hybridized carbons (Fsp3) is 0.296.